The maximum Gasteiger partial charge on any atom is 0.274 e. The van der Waals surface area contributed by atoms with E-state index >= 15 is 0 Å². The number of ether oxygens (including phenoxy) is 3. The average Bonchev–Trinajstić information content (AvgIpc) is 3.26. The second-order valence-corrected chi connectivity index (χ2v) is 10.4. The Morgan fingerprint density at radius 2 is 1.83 bits per heavy atom. The van der Waals surface area contributed by atoms with Crippen molar-refractivity contribution in [1.82, 2.24) is 9.88 Å². The molecule has 2 aromatic carbocycles. The van der Waals surface area contributed by atoms with Crippen molar-refractivity contribution in [3.05, 3.63) is 83.1 Å². The molecule has 10 heteroatoms. The van der Waals surface area contributed by atoms with Gasteiger partial charge in [0.25, 0.3) is 5.91 Å². The number of para-hydroxylation sites is 1. The number of nitrogens with zero attached hydrogens (tertiary/aromatic N) is 2. The van der Waals surface area contributed by atoms with Gasteiger partial charge < -0.3 is 19.1 Å². The molecule has 1 aliphatic heterocycles. The first-order valence-corrected chi connectivity index (χ1v) is 12.9. The smallest absolute Gasteiger partial charge is 0.274 e. The second-order valence-electron chi connectivity index (χ2n) is 8.03. The number of aromatic nitrogens is 1. The summed E-state index contributed by atoms with van der Waals surface area (Å²) in [5, 5.41) is 0.278. The van der Waals surface area contributed by atoms with Crippen LogP contribution in [0.15, 0.2) is 71.8 Å². The van der Waals surface area contributed by atoms with Gasteiger partial charge in [0.2, 0.25) is 0 Å². The van der Waals surface area contributed by atoms with Gasteiger partial charge in [-0.2, -0.15) is 0 Å². The van der Waals surface area contributed by atoms with E-state index in [2.05, 4.69) is 4.98 Å². The number of likely N-dealkylation sites (tertiary alicyclic amines) is 1. The monoisotopic (exact) mass is 516 g/mol. The largest absolute Gasteiger partial charge is 0.495 e. The molecule has 2 atom stereocenters. The number of carbonyl (C=O) groups is 1. The maximum absolute atomic E-state index is 13.0. The van der Waals surface area contributed by atoms with E-state index in [-0.39, 0.29) is 39.9 Å². The minimum Gasteiger partial charge on any atom is -0.495 e. The van der Waals surface area contributed by atoms with Gasteiger partial charge in [-0.05, 0) is 42.0 Å². The first-order valence-electron chi connectivity index (χ1n) is 10.9. The number of benzene rings is 2. The zero-order valence-corrected chi connectivity index (χ0v) is 20.8. The van der Waals surface area contributed by atoms with Crippen LogP contribution in [-0.4, -0.2) is 63.7 Å². The molecule has 1 aromatic heterocycles. The zero-order chi connectivity index (χ0) is 25.0. The van der Waals surface area contributed by atoms with Gasteiger partial charge in [0.05, 0.1) is 31.0 Å². The number of methoxy groups -OCH3 is 2. The van der Waals surface area contributed by atoms with Gasteiger partial charge in [0, 0.05) is 13.3 Å². The van der Waals surface area contributed by atoms with E-state index in [4.69, 9.17) is 25.8 Å². The molecule has 1 fully saturated rings. The summed E-state index contributed by atoms with van der Waals surface area (Å²) in [6.07, 6.45) is 0.691. The van der Waals surface area contributed by atoms with E-state index < -0.39 is 15.9 Å². The lowest BCUT2D eigenvalue weighted by Crippen LogP contribution is -2.32. The molecule has 3 aromatic rings. The molecule has 35 heavy (non-hydrogen) atoms. The number of pyridine rings is 1. The molecule has 184 valence electrons. The Bertz CT molecular complexity index is 1320. The highest BCUT2D eigenvalue weighted by Gasteiger charge is 2.38. The van der Waals surface area contributed by atoms with Crippen molar-refractivity contribution < 1.29 is 27.4 Å². The van der Waals surface area contributed by atoms with Gasteiger partial charge in [0.15, 0.2) is 9.84 Å². The van der Waals surface area contributed by atoms with Gasteiger partial charge in [-0.15, -0.1) is 0 Å². The van der Waals surface area contributed by atoms with E-state index in [1.165, 1.54) is 19.4 Å². The Kier molecular flexibility index (Phi) is 7.59. The summed E-state index contributed by atoms with van der Waals surface area (Å²) < 4.78 is 42.9. The van der Waals surface area contributed by atoms with Crippen molar-refractivity contribution in [3.63, 3.8) is 0 Å². The standard InChI is InChI=1S/C25H25ClN2O6S/c1-32-20-10-3-4-11-23(20)35(30,31)16-17-7-5-8-18(13-17)34-22-15-28(14-21(22)33-2)25(29)24-19(26)9-6-12-27-24/h3-13,21-22H,14-16H2,1-2H3/t21-,22-/m1/s1. The number of rotatable bonds is 8. The van der Waals surface area contributed by atoms with E-state index in [9.17, 15) is 13.2 Å². The molecule has 0 unspecified atom stereocenters. The van der Waals surface area contributed by atoms with Crippen LogP contribution in [0.1, 0.15) is 16.1 Å². The maximum atomic E-state index is 13.0. The van der Waals surface area contributed by atoms with Crippen molar-refractivity contribution in [3.8, 4) is 11.5 Å². The van der Waals surface area contributed by atoms with Crippen LogP contribution < -0.4 is 9.47 Å². The molecule has 1 saturated heterocycles. The van der Waals surface area contributed by atoms with Crippen LogP contribution in [0.3, 0.4) is 0 Å². The Morgan fingerprint density at radius 1 is 1.06 bits per heavy atom. The predicted molar refractivity (Wildman–Crippen MR) is 131 cm³/mol. The third-order valence-corrected chi connectivity index (χ3v) is 7.74. The fourth-order valence-electron chi connectivity index (χ4n) is 4.00. The van der Waals surface area contributed by atoms with E-state index in [0.717, 1.165) is 0 Å². The highest BCUT2D eigenvalue weighted by molar-refractivity contribution is 7.90. The number of amides is 1. The van der Waals surface area contributed by atoms with Crippen LogP contribution in [0.5, 0.6) is 11.5 Å². The van der Waals surface area contributed by atoms with Crippen molar-refractivity contribution >= 4 is 27.3 Å². The normalized spacial score (nSPS) is 17.9. The van der Waals surface area contributed by atoms with Crippen molar-refractivity contribution in [2.75, 3.05) is 27.3 Å². The lowest BCUT2D eigenvalue weighted by molar-refractivity contribution is 0.0339. The minimum atomic E-state index is -3.65. The Balaban J connectivity index is 1.49. The number of carbonyl (C=O) groups excluding carboxylic acids is 1. The fraction of sp³-hybridized carbons (Fsp3) is 0.280. The van der Waals surface area contributed by atoms with Gasteiger partial charge in [0.1, 0.15) is 34.3 Å². The molecule has 4 rings (SSSR count). The Labute approximate surface area is 209 Å². The van der Waals surface area contributed by atoms with Crippen LogP contribution in [0.4, 0.5) is 0 Å². The third-order valence-electron chi connectivity index (χ3n) is 5.71. The first kappa shape index (κ1) is 25.0. The quantitative estimate of drug-likeness (QED) is 0.451. The van der Waals surface area contributed by atoms with Crippen LogP contribution in [-0.2, 0) is 20.3 Å². The number of hydrogen-bond donors (Lipinski definition) is 0. The molecular formula is C25H25ClN2O6S. The topological polar surface area (TPSA) is 95.0 Å². The molecule has 1 aliphatic rings. The summed E-state index contributed by atoms with van der Waals surface area (Å²) in [5.74, 6) is 0.257. The summed E-state index contributed by atoms with van der Waals surface area (Å²) in [6.45, 7) is 0.586. The van der Waals surface area contributed by atoms with E-state index in [1.54, 1.807) is 66.6 Å². The highest BCUT2D eigenvalue weighted by Crippen LogP contribution is 2.28. The summed E-state index contributed by atoms with van der Waals surface area (Å²) in [5.41, 5.74) is 0.738. The second kappa shape index (κ2) is 10.6. The average molecular weight is 517 g/mol. The van der Waals surface area contributed by atoms with Crippen LogP contribution in [0.2, 0.25) is 5.02 Å². The Hall–Kier alpha value is -3.14. The summed E-state index contributed by atoms with van der Waals surface area (Å²) in [4.78, 5) is 18.7. The van der Waals surface area contributed by atoms with Gasteiger partial charge in [-0.3, -0.25) is 4.79 Å². The first-order chi connectivity index (χ1) is 16.8. The predicted octanol–water partition coefficient (Wildman–Crippen LogP) is 3.64. The molecule has 0 N–H and O–H groups in total. The van der Waals surface area contributed by atoms with E-state index in [1.807, 2.05) is 0 Å². The van der Waals surface area contributed by atoms with Crippen molar-refractivity contribution in [1.29, 1.82) is 0 Å². The zero-order valence-electron chi connectivity index (χ0n) is 19.3. The Morgan fingerprint density at radius 3 is 2.57 bits per heavy atom. The number of hydrogen-bond acceptors (Lipinski definition) is 7. The highest BCUT2D eigenvalue weighted by atomic mass is 35.5. The van der Waals surface area contributed by atoms with Crippen LogP contribution >= 0.6 is 11.6 Å². The summed E-state index contributed by atoms with van der Waals surface area (Å²) in [6, 6.07) is 16.7. The van der Waals surface area contributed by atoms with Crippen molar-refractivity contribution in [2.45, 2.75) is 22.9 Å². The third kappa shape index (κ3) is 5.58. The summed E-state index contributed by atoms with van der Waals surface area (Å²) in [7, 11) is -0.656. The molecule has 0 bridgehead atoms. The summed E-state index contributed by atoms with van der Waals surface area (Å²) >= 11 is 6.14. The lowest BCUT2D eigenvalue weighted by atomic mass is 10.2. The lowest BCUT2D eigenvalue weighted by Gasteiger charge is -2.19. The molecule has 0 radical (unpaired) electrons. The van der Waals surface area contributed by atoms with E-state index in [0.29, 0.717) is 23.6 Å². The van der Waals surface area contributed by atoms with Crippen LogP contribution in [0.25, 0.3) is 0 Å². The van der Waals surface area contributed by atoms with Crippen LogP contribution in [0, 0.1) is 0 Å². The SMILES string of the molecule is COc1ccccc1S(=O)(=O)Cc1cccc(O[C@@H]2CN(C(=O)c3ncccc3Cl)C[C@H]2OC)c1. The fourth-order valence-corrected chi connectivity index (χ4v) is 5.72. The number of sulfone groups is 1. The molecule has 0 spiro atoms. The molecular weight excluding hydrogens is 492 g/mol. The molecule has 0 saturated carbocycles. The molecule has 2 heterocycles. The minimum absolute atomic E-state index is 0.131. The van der Waals surface area contributed by atoms with Gasteiger partial charge >= 0.3 is 0 Å². The van der Waals surface area contributed by atoms with Gasteiger partial charge in [-0.1, -0.05) is 35.9 Å². The van der Waals surface area contributed by atoms with Crippen molar-refractivity contribution in [2.24, 2.45) is 0 Å². The van der Waals surface area contributed by atoms with Gasteiger partial charge in [-0.25, -0.2) is 13.4 Å². The molecule has 8 nitrogen and oxygen atoms in total. The molecule has 0 aliphatic carbocycles. The molecule has 1 amide bonds. The number of halogens is 1.